The molecule has 310 valence electrons. The van der Waals surface area contributed by atoms with E-state index in [1.807, 2.05) is 0 Å². The number of ether oxygens (including phenoxy) is 1. The molecule has 4 aliphatic rings. The van der Waals surface area contributed by atoms with Gasteiger partial charge in [-0.2, -0.15) is 0 Å². The SMILES string of the molecule is CCCCCCCCCCCCCCCCCCCCCC(=O)O[C@H]1CC[C@@]2(C)[C@@H](CC[C@@H]3[C@@H]2CC[C@]2(C)[C@@H]([C@H](C)CC[C@@H](CC)C(C)C)CC[C@@H]32)C1. The van der Waals surface area contributed by atoms with E-state index in [1.54, 1.807) is 0 Å². The zero-order valence-electron chi connectivity index (χ0n) is 37.1. The lowest BCUT2D eigenvalue weighted by molar-refractivity contribution is -0.162. The number of hydrogen-bond acceptors (Lipinski definition) is 2. The predicted octanol–water partition coefficient (Wildman–Crippen LogP) is 16.5. The van der Waals surface area contributed by atoms with Gasteiger partial charge in [0.25, 0.3) is 0 Å². The molecule has 53 heavy (non-hydrogen) atoms. The lowest BCUT2D eigenvalue weighted by atomic mass is 9.44. The third kappa shape index (κ3) is 13.3. The molecule has 0 aliphatic heterocycles. The van der Waals surface area contributed by atoms with Crippen LogP contribution in [0.15, 0.2) is 0 Å². The Kier molecular flexibility index (Phi) is 20.2. The Morgan fingerprint density at radius 1 is 0.604 bits per heavy atom. The zero-order chi connectivity index (χ0) is 38.1. The van der Waals surface area contributed by atoms with Gasteiger partial charge in [-0.1, -0.05) is 177 Å². The van der Waals surface area contributed by atoms with Crippen molar-refractivity contribution < 1.29 is 9.53 Å². The summed E-state index contributed by atoms with van der Waals surface area (Å²) in [5.41, 5.74) is 1.04. The third-order valence-corrected chi connectivity index (χ3v) is 17.1. The van der Waals surface area contributed by atoms with Crippen molar-refractivity contribution in [3.8, 4) is 0 Å². The van der Waals surface area contributed by atoms with E-state index >= 15 is 0 Å². The summed E-state index contributed by atoms with van der Waals surface area (Å²) in [5.74, 6) is 7.20. The van der Waals surface area contributed by atoms with Crippen molar-refractivity contribution in [1.29, 1.82) is 0 Å². The van der Waals surface area contributed by atoms with Gasteiger partial charge in [-0.05, 0) is 129 Å². The molecule has 4 aliphatic carbocycles. The topological polar surface area (TPSA) is 26.3 Å². The second-order valence-corrected chi connectivity index (χ2v) is 20.9. The van der Waals surface area contributed by atoms with Gasteiger partial charge in [0.05, 0.1) is 0 Å². The molecule has 0 aromatic carbocycles. The smallest absolute Gasteiger partial charge is 0.306 e. The predicted molar refractivity (Wildman–Crippen MR) is 230 cm³/mol. The van der Waals surface area contributed by atoms with E-state index < -0.39 is 0 Å². The summed E-state index contributed by atoms with van der Waals surface area (Å²) in [4.78, 5) is 12.9. The number of fused-ring (bicyclic) bond motifs is 5. The Morgan fingerprint density at radius 3 is 1.68 bits per heavy atom. The minimum absolute atomic E-state index is 0.0949. The monoisotopic (exact) mass is 739 g/mol. The van der Waals surface area contributed by atoms with Crippen molar-refractivity contribution in [2.75, 3.05) is 0 Å². The van der Waals surface area contributed by atoms with Crippen LogP contribution in [-0.4, -0.2) is 12.1 Å². The molecule has 10 atom stereocenters. The van der Waals surface area contributed by atoms with Crippen molar-refractivity contribution in [3.05, 3.63) is 0 Å². The largest absolute Gasteiger partial charge is 0.462 e. The maximum Gasteiger partial charge on any atom is 0.306 e. The van der Waals surface area contributed by atoms with Crippen molar-refractivity contribution in [1.82, 2.24) is 0 Å². The third-order valence-electron chi connectivity index (χ3n) is 17.1. The van der Waals surface area contributed by atoms with Crippen LogP contribution < -0.4 is 0 Å². The Hall–Kier alpha value is -0.530. The summed E-state index contributed by atoms with van der Waals surface area (Å²) in [7, 11) is 0. The fourth-order valence-electron chi connectivity index (χ4n) is 13.6. The highest BCUT2D eigenvalue weighted by Crippen LogP contribution is 2.68. The van der Waals surface area contributed by atoms with Crippen molar-refractivity contribution in [2.45, 2.75) is 260 Å². The Bertz CT molecular complexity index is 987. The van der Waals surface area contributed by atoms with Crippen LogP contribution in [0.5, 0.6) is 0 Å². The van der Waals surface area contributed by atoms with E-state index in [2.05, 4.69) is 48.5 Å². The van der Waals surface area contributed by atoms with Gasteiger partial charge >= 0.3 is 5.97 Å². The highest BCUT2D eigenvalue weighted by atomic mass is 16.5. The van der Waals surface area contributed by atoms with Gasteiger partial charge in [0.15, 0.2) is 0 Å². The lowest BCUT2D eigenvalue weighted by Gasteiger charge is -2.61. The summed E-state index contributed by atoms with van der Waals surface area (Å²) >= 11 is 0. The maximum atomic E-state index is 12.9. The summed E-state index contributed by atoms with van der Waals surface area (Å²) in [6.45, 7) is 17.6. The molecule has 2 heteroatoms. The first-order valence-corrected chi connectivity index (χ1v) is 24.8. The quantitative estimate of drug-likeness (QED) is 0.0619. The van der Waals surface area contributed by atoms with Crippen LogP contribution in [0.3, 0.4) is 0 Å². The Labute approximate surface area is 332 Å². The van der Waals surface area contributed by atoms with Gasteiger partial charge in [0.1, 0.15) is 6.10 Å². The van der Waals surface area contributed by atoms with Gasteiger partial charge < -0.3 is 4.74 Å². The number of rotatable bonds is 27. The maximum absolute atomic E-state index is 12.9. The fourth-order valence-corrected chi connectivity index (χ4v) is 13.6. The molecule has 0 saturated heterocycles. The molecule has 0 radical (unpaired) electrons. The normalized spacial score (nSPS) is 32.2. The molecule has 0 spiro atoms. The molecule has 0 aromatic heterocycles. The molecule has 0 unspecified atom stereocenters. The van der Waals surface area contributed by atoms with Crippen LogP contribution in [0, 0.1) is 58.2 Å². The number of carbonyl (C=O) groups excluding carboxylic acids is 1. The van der Waals surface area contributed by atoms with Crippen LogP contribution in [0.25, 0.3) is 0 Å². The highest BCUT2D eigenvalue weighted by molar-refractivity contribution is 5.69. The Balaban J connectivity index is 1.03. The van der Waals surface area contributed by atoms with Crippen LogP contribution in [0.4, 0.5) is 0 Å². The molecule has 0 heterocycles. The molecular weight excluding hydrogens is 645 g/mol. The first kappa shape index (κ1) is 45.2. The van der Waals surface area contributed by atoms with Crippen molar-refractivity contribution in [2.24, 2.45) is 58.2 Å². The average Bonchev–Trinajstić information content (AvgIpc) is 3.50. The van der Waals surface area contributed by atoms with Gasteiger partial charge in [-0.15, -0.1) is 0 Å². The van der Waals surface area contributed by atoms with Crippen LogP contribution in [0.1, 0.15) is 254 Å². The lowest BCUT2D eigenvalue weighted by Crippen LogP contribution is -2.54. The zero-order valence-corrected chi connectivity index (χ0v) is 37.1. The van der Waals surface area contributed by atoms with E-state index in [0.717, 1.165) is 66.6 Å². The summed E-state index contributed by atoms with van der Waals surface area (Å²) in [6.07, 6.45) is 43.7. The number of carbonyl (C=O) groups is 1. The molecule has 2 nitrogen and oxygen atoms in total. The van der Waals surface area contributed by atoms with Crippen LogP contribution in [0.2, 0.25) is 0 Å². The molecule has 4 fully saturated rings. The van der Waals surface area contributed by atoms with Gasteiger partial charge in [0, 0.05) is 6.42 Å². The fraction of sp³-hybridized carbons (Fsp3) is 0.980. The minimum Gasteiger partial charge on any atom is -0.462 e. The summed E-state index contributed by atoms with van der Waals surface area (Å²) in [6, 6.07) is 0. The number of unbranched alkanes of at least 4 members (excludes halogenated alkanes) is 18. The average molecular weight is 739 g/mol. The van der Waals surface area contributed by atoms with E-state index in [1.165, 1.54) is 180 Å². The van der Waals surface area contributed by atoms with E-state index in [-0.39, 0.29) is 12.1 Å². The van der Waals surface area contributed by atoms with Gasteiger partial charge in [-0.3, -0.25) is 4.79 Å². The van der Waals surface area contributed by atoms with E-state index in [9.17, 15) is 4.79 Å². The van der Waals surface area contributed by atoms with Gasteiger partial charge in [-0.25, -0.2) is 0 Å². The Morgan fingerprint density at radius 2 is 1.13 bits per heavy atom. The highest BCUT2D eigenvalue weighted by Gasteiger charge is 2.60. The number of hydrogen-bond donors (Lipinski definition) is 0. The number of esters is 1. The van der Waals surface area contributed by atoms with Crippen molar-refractivity contribution in [3.63, 3.8) is 0 Å². The minimum atomic E-state index is 0.0949. The first-order valence-electron chi connectivity index (χ1n) is 24.8. The molecule has 0 bridgehead atoms. The summed E-state index contributed by atoms with van der Waals surface area (Å²) < 4.78 is 6.21. The van der Waals surface area contributed by atoms with Gasteiger partial charge in [0.2, 0.25) is 0 Å². The molecule has 0 N–H and O–H groups in total. The second-order valence-electron chi connectivity index (χ2n) is 20.9. The molecule has 4 saturated carbocycles. The van der Waals surface area contributed by atoms with Crippen molar-refractivity contribution >= 4 is 5.97 Å². The molecule has 4 rings (SSSR count). The van der Waals surface area contributed by atoms with Crippen LogP contribution in [-0.2, 0) is 9.53 Å². The van der Waals surface area contributed by atoms with E-state index in [4.69, 9.17) is 4.74 Å². The first-order chi connectivity index (χ1) is 25.6. The van der Waals surface area contributed by atoms with E-state index in [0.29, 0.717) is 17.3 Å². The van der Waals surface area contributed by atoms with Crippen LogP contribution >= 0.6 is 0 Å². The molecule has 0 amide bonds. The summed E-state index contributed by atoms with van der Waals surface area (Å²) in [5, 5.41) is 0. The molecule has 0 aromatic rings. The standard InChI is InChI=1S/C51H94O2/c1-8-10-11-12-13-14-15-16-17-18-19-20-21-22-23-24-25-26-27-28-49(52)53-44-35-37-50(6)43(39-44)31-32-45-47-34-33-46(51(47,7)38-36-48(45)50)41(5)29-30-42(9-2)40(3)4/h40-48H,8-39H2,1-7H3/t41-,42-,43+,44+,45+,46-,47+,48+,50+,51-/m1/s1. The molecular formula is C51H94O2. The second kappa shape index (κ2) is 23.6.